The third kappa shape index (κ3) is 4.41. The number of hydrogen-bond donors (Lipinski definition) is 2. The topological polar surface area (TPSA) is 49.9 Å². The van der Waals surface area contributed by atoms with E-state index in [1.165, 1.54) is 17.9 Å². The Kier molecular flexibility index (Phi) is 6.56. The van der Waals surface area contributed by atoms with Gasteiger partial charge in [0.15, 0.2) is 0 Å². The minimum atomic E-state index is 0.525. The van der Waals surface area contributed by atoms with Crippen LogP contribution in [-0.4, -0.2) is 47.0 Å². The molecule has 4 nitrogen and oxygen atoms in total. The van der Waals surface area contributed by atoms with Gasteiger partial charge < -0.3 is 15.0 Å². The molecule has 0 aliphatic carbocycles. The first-order valence-electron chi connectivity index (χ1n) is 6.81. The summed E-state index contributed by atoms with van der Waals surface area (Å²) in [4.78, 5) is 8.05. The quantitative estimate of drug-likeness (QED) is 0.758. The zero-order valence-electron chi connectivity index (χ0n) is 11.6. The predicted molar refractivity (Wildman–Crippen MR) is 83.9 cm³/mol. The van der Waals surface area contributed by atoms with Gasteiger partial charge in [-0.1, -0.05) is 6.92 Å². The van der Waals surface area contributed by atoms with Gasteiger partial charge in [0.2, 0.25) is 0 Å². The summed E-state index contributed by atoms with van der Waals surface area (Å²) >= 11 is 4.13. The van der Waals surface area contributed by atoms with Crippen molar-refractivity contribution in [2.45, 2.75) is 30.4 Å². The molecule has 0 radical (unpaired) electrons. The van der Waals surface area contributed by atoms with Crippen molar-refractivity contribution in [3.05, 3.63) is 17.7 Å². The van der Waals surface area contributed by atoms with E-state index in [4.69, 9.17) is 4.74 Å². The number of ether oxygens (including phenoxy) is 1. The molecule has 6 heteroatoms. The molecule has 2 atom stereocenters. The summed E-state index contributed by atoms with van der Waals surface area (Å²) in [6.07, 6.45) is 3.17. The van der Waals surface area contributed by atoms with E-state index in [0.29, 0.717) is 10.5 Å². The number of H-pyrrole nitrogens is 1. The molecule has 1 aliphatic rings. The van der Waals surface area contributed by atoms with Gasteiger partial charge in [-0.15, -0.1) is 11.8 Å². The molecule has 0 amide bonds. The molecule has 0 saturated carbocycles. The van der Waals surface area contributed by atoms with Crippen molar-refractivity contribution >= 4 is 23.5 Å². The van der Waals surface area contributed by atoms with Gasteiger partial charge in [-0.25, -0.2) is 4.98 Å². The van der Waals surface area contributed by atoms with Crippen molar-refractivity contribution in [1.29, 1.82) is 0 Å². The molecule has 2 unspecified atom stereocenters. The molecule has 0 aromatic carbocycles. The largest absolute Gasteiger partial charge is 0.383 e. The van der Waals surface area contributed by atoms with E-state index >= 15 is 0 Å². The second-order valence-electron chi connectivity index (χ2n) is 4.57. The van der Waals surface area contributed by atoms with Crippen LogP contribution in [0.5, 0.6) is 0 Å². The number of aromatic amines is 1. The van der Waals surface area contributed by atoms with Crippen LogP contribution in [0.2, 0.25) is 0 Å². The Morgan fingerprint density at radius 2 is 2.32 bits per heavy atom. The van der Waals surface area contributed by atoms with Crippen molar-refractivity contribution in [2.75, 3.05) is 31.8 Å². The van der Waals surface area contributed by atoms with E-state index in [9.17, 15) is 0 Å². The van der Waals surface area contributed by atoms with Crippen LogP contribution >= 0.6 is 23.5 Å². The summed E-state index contributed by atoms with van der Waals surface area (Å²) in [5.74, 6) is 3.65. The summed E-state index contributed by atoms with van der Waals surface area (Å²) in [6, 6.07) is 0. The number of hydrogen-bond acceptors (Lipinski definition) is 5. The van der Waals surface area contributed by atoms with E-state index < -0.39 is 0 Å². The maximum Gasteiger partial charge on any atom is 0.120 e. The lowest BCUT2D eigenvalue weighted by atomic mass is 10.2. The minimum absolute atomic E-state index is 0.525. The number of nitrogens with zero attached hydrogens (tertiary/aromatic N) is 1. The van der Waals surface area contributed by atoms with Crippen molar-refractivity contribution < 1.29 is 4.74 Å². The standard InChI is InChI=1S/C13H23N3OS2/c1-3-11-12(19-7-6-18-11)13-15-9-10(16-13)8-14-4-5-17-2/h9,11-12,14H,3-8H2,1-2H3,(H,15,16). The average Bonchev–Trinajstić information content (AvgIpc) is 2.92. The average molecular weight is 301 g/mol. The van der Waals surface area contributed by atoms with Gasteiger partial charge in [-0.2, -0.15) is 11.8 Å². The molecule has 108 valence electrons. The van der Waals surface area contributed by atoms with Crippen LogP contribution < -0.4 is 5.32 Å². The maximum absolute atomic E-state index is 5.01. The maximum atomic E-state index is 5.01. The molecule has 1 saturated heterocycles. The molecular formula is C13H23N3OS2. The summed E-state index contributed by atoms with van der Waals surface area (Å²) in [6.45, 7) is 4.72. The summed E-state index contributed by atoms with van der Waals surface area (Å²) in [7, 11) is 1.72. The molecule has 0 spiro atoms. The first-order chi connectivity index (χ1) is 9.35. The van der Waals surface area contributed by atoms with Crippen LogP contribution in [0.1, 0.15) is 30.1 Å². The Morgan fingerprint density at radius 3 is 3.11 bits per heavy atom. The van der Waals surface area contributed by atoms with E-state index in [1.807, 2.05) is 18.0 Å². The highest BCUT2D eigenvalue weighted by molar-refractivity contribution is 8.06. The normalized spacial score (nSPS) is 23.7. The predicted octanol–water partition coefficient (Wildman–Crippen LogP) is 2.45. The van der Waals surface area contributed by atoms with E-state index in [2.05, 4.69) is 34.0 Å². The second kappa shape index (κ2) is 8.19. The van der Waals surface area contributed by atoms with Crippen LogP contribution in [0.4, 0.5) is 0 Å². The summed E-state index contributed by atoms with van der Waals surface area (Å²) in [5, 5.41) is 4.55. The van der Waals surface area contributed by atoms with Crippen LogP contribution in [-0.2, 0) is 11.3 Å². The van der Waals surface area contributed by atoms with Crippen LogP contribution in [0.3, 0.4) is 0 Å². The fourth-order valence-electron chi connectivity index (χ4n) is 2.16. The smallest absolute Gasteiger partial charge is 0.120 e. The molecule has 2 heterocycles. The van der Waals surface area contributed by atoms with Gasteiger partial charge in [-0.05, 0) is 6.42 Å². The molecule has 0 bridgehead atoms. The van der Waals surface area contributed by atoms with Crippen molar-refractivity contribution in [3.63, 3.8) is 0 Å². The first kappa shape index (κ1) is 15.2. The molecule has 2 N–H and O–H groups in total. The number of aromatic nitrogens is 2. The van der Waals surface area contributed by atoms with Gasteiger partial charge in [-0.3, -0.25) is 0 Å². The zero-order chi connectivity index (χ0) is 13.5. The third-order valence-corrected chi connectivity index (χ3v) is 6.42. The van der Waals surface area contributed by atoms with Crippen LogP contribution in [0.25, 0.3) is 0 Å². The highest BCUT2D eigenvalue weighted by Crippen LogP contribution is 2.42. The second-order valence-corrected chi connectivity index (χ2v) is 7.17. The van der Waals surface area contributed by atoms with Gasteiger partial charge in [0.05, 0.1) is 11.9 Å². The number of nitrogens with one attached hydrogen (secondary N) is 2. The van der Waals surface area contributed by atoms with Crippen molar-refractivity contribution in [3.8, 4) is 0 Å². The van der Waals surface area contributed by atoms with E-state index in [1.54, 1.807) is 7.11 Å². The summed E-state index contributed by atoms with van der Waals surface area (Å²) in [5.41, 5.74) is 1.16. The zero-order valence-corrected chi connectivity index (χ0v) is 13.3. The highest BCUT2D eigenvalue weighted by atomic mass is 32.2. The number of rotatable bonds is 7. The lowest BCUT2D eigenvalue weighted by molar-refractivity contribution is 0.199. The third-order valence-electron chi connectivity index (χ3n) is 3.17. The molecule has 19 heavy (non-hydrogen) atoms. The number of methoxy groups -OCH3 is 1. The Labute approximate surface area is 123 Å². The first-order valence-corrected chi connectivity index (χ1v) is 8.91. The fraction of sp³-hybridized carbons (Fsp3) is 0.769. The lowest BCUT2D eigenvalue weighted by Gasteiger charge is -2.28. The highest BCUT2D eigenvalue weighted by Gasteiger charge is 2.28. The number of imidazole rings is 1. The lowest BCUT2D eigenvalue weighted by Crippen LogP contribution is -2.20. The molecule has 2 rings (SSSR count). The molecule has 1 aromatic heterocycles. The Morgan fingerprint density at radius 1 is 1.47 bits per heavy atom. The van der Waals surface area contributed by atoms with Gasteiger partial charge in [0.1, 0.15) is 5.82 Å². The van der Waals surface area contributed by atoms with Crippen molar-refractivity contribution in [1.82, 2.24) is 15.3 Å². The van der Waals surface area contributed by atoms with Gasteiger partial charge >= 0.3 is 0 Å². The van der Waals surface area contributed by atoms with Crippen LogP contribution in [0, 0.1) is 0 Å². The number of thioether (sulfide) groups is 2. The Hall–Kier alpha value is -0.170. The SMILES string of the molecule is CCC1SCCSC1c1ncc(CNCCOC)[nH]1. The summed E-state index contributed by atoms with van der Waals surface area (Å²) < 4.78 is 5.01. The fourth-order valence-corrected chi connectivity index (χ4v) is 5.19. The molecular weight excluding hydrogens is 278 g/mol. The van der Waals surface area contributed by atoms with E-state index in [0.717, 1.165) is 31.2 Å². The van der Waals surface area contributed by atoms with Gasteiger partial charge in [0, 0.05) is 48.8 Å². The Balaban J connectivity index is 1.88. The molecule has 1 fully saturated rings. The minimum Gasteiger partial charge on any atom is -0.383 e. The van der Waals surface area contributed by atoms with Gasteiger partial charge in [0.25, 0.3) is 0 Å². The monoisotopic (exact) mass is 301 g/mol. The Bertz CT molecular complexity index is 373. The van der Waals surface area contributed by atoms with Crippen LogP contribution in [0.15, 0.2) is 6.20 Å². The van der Waals surface area contributed by atoms with Crippen molar-refractivity contribution in [2.24, 2.45) is 0 Å². The van der Waals surface area contributed by atoms with E-state index in [-0.39, 0.29) is 0 Å². The molecule has 1 aromatic rings. The molecule has 1 aliphatic heterocycles.